The summed E-state index contributed by atoms with van der Waals surface area (Å²) in [7, 11) is 1.86. The van der Waals surface area contributed by atoms with Crippen LogP contribution in [0.1, 0.15) is 30.0 Å². The molecule has 0 aliphatic heterocycles. The minimum absolute atomic E-state index is 0.160. The Hall–Kier alpha value is -2.40. The Balaban J connectivity index is 1.34. The molecule has 7 nitrogen and oxygen atoms in total. The number of halogens is 2. The number of nitrogens with zero attached hydrogens (tertiary/aromatic N) is 4. The maximum absolute atomic E-state index is 12.5. The molecule has 4 aromatic rings. The molecule has 2 aromatic heterocycles. The maximum atomic E-state index is 12.5. The van der Waals surface area contributed by atoms with Crippen LogP contribution in [0.2, 0.25) is 5.02 Å². The lowest BCUT2D eigenvalue weighted by molar-refractivity contribution is -0.113. The highest BCUT2D eigenvalue weighted by Gasteiger charge is 2.19. The van der Waals surface area contributed by atoms with E-state index in [1.807, 2.05) is 74.2 Å². The van der Waals surface area contributed by atoms with E-state index < -0.39 is 0 Å². The number of carbonyl (C=O) groups excluding carboxylic acids is 1. The van der Waals surface area contributed by atoms with Gasteiger partial charge in [-0.15, -0.1) is 21.5 Å². The van der Waals surface area contributed by atoms with Crippen molar-refractivity contribution in [1.29, 1.82) is 0 Å². The highest BCUT2D eigenvalue weighted by Crippen LogP contribution is 2.30. The van der Waals surface area contributed by atoms with Crippen molar-refractivity contribution < 1.29 is 9.53 Å². The second-order valence-corrected chi connectivity index (χ2v) is 11.0. The van der Waals surface area contributed by atoms with E-state index >= 15 is 0 Å². The molecule has 0 spiro atoms. The number of amides is 1. The fourth-order valence-electron chi connectivity index (χ4n) is 3.41. The maximum Gasteiger partial charge on any atom is 0.236 e. The fourth-order valence-corrected chi connectivity index (χ4v) is 5.23. The zero-order chi connectivity index (χ0) is 25.1. The van der Waals surface area contributed by atoms with Crippen LogP contribution in [0.3, 0.4) is 0 Å². The third-order valence-electron chi connectivity index (χ3n) is 5.18. The van der Waals surface area contributed by atoms with Crippen molar-refractivity contribution >= 4 is 61.7 Å². The minimum Gasteiger partial charge on any atom is -0.483 e. The molecule has 0 fully saturated rings. The van der Waals surface area contributed by atoms with Gasteiger partial charge in [0.25, 0.3) is 0 Å². The average molecular weight is 593 g/mol. The lowest BCUT2D eigenvalue weighted by atomic mass is 10.1. The first-order valence-electron chi connectivity index (χ1n) is 10.7. The van der Waals surface area contributed by atoms with Crippen molar-refractivity contribution in [3.05, 3.63) is 68.2 Å². The van der Waals surface area contributed by atoms with Gasteiger partial charge in [-0.05, 0) is 56.2 Å². The van der Waals surface area contributed by atoms with E-state index in [-0.39, 0.29) is 17.8 Å². The molecule has 2 heterocycles. The summed E-state index contributed by atoms with van der Waals surface area (Å²) in [6.45, 7) is 5.81. The van der Waals surface area contributed by atoms with Crippen LogP contribution in [0.4, 0.5) is 5.13 Å². The van der Waals surface area contributed by atoms with E-state index in [0.29, 0.717) is 16.1 Å². The van der Waals surface area contributed by atoms with Gasteiger partial charge in [-0.2, -0.15) is 0 Å². The molecule has 0 aliphatic rings. The molecule has 1 N–H and O–H groups in total. The molecule has 182 valence electrons. The van der Waals surface area contributed by atoms with Crippen molar-refractivity contribution in [3.8, 4) is 17.0 Å². The minimum atomic E-state index is -0.331. The van der Waals surface area contributed by atoms with Gasteiger partial charge in [0.05, 0.1) is 11.4 Å². The third-order valence-corrected chi connectivity index (χ3v) is 8.08. The Kier molecular flexibility index (Phi) is 8.16. The van der Waals surface area contributed by atoms with Crippen LogP contribution in [0, 0.1) is 13.8 Å². The van der Waals surface area contributed by atoms with Crippen molar-refractivity contribution in [2.24, 2.45) is 7.05 Å². The quantitative estimate of drug-likeness (QED) is 0.226. The van der Waals surface area contributed by atoms with E-state index in [4.69, 9.17) is 16.3 Å². The van der Waals surface area contributed by atoms with E-state index in [9.17, 15) is 4.79 Å². The van der Waals surface area contributed by atoms with Gasteiger partial charge in [0.1, 0.15) is 5.75 Å². The molecule has 0 aliphatic carbocycles. The fraction of sp³-hybridized carbons (Fsp3) is 0.250. The van der Waals surface area contributed by atoms with Crippen LogP contribution in [-0.2, 0) is 11.8 Å². The average Bonchev–Trinajstić information content (AvgIpc) is 3.43. The van der Waals surface area contributed by atoms with Crippen molar-refractivity contribution in [2.75, 3.05) is 11.1 Å². The molecule has 4 rings (SSSR count). The third kappa shape index (κ3) is 6.24. The number of aromatic nitrogens is 4. The number of thioether (sulfide) groups is 1. The second-order valence-electron chi connectivity index (χ2n) is 7.91. The van der Waals surface area contributed by atoms with Crippen LogP contribution >= 0.6 is 50.6 Å². The van der Waals surface area contributed by atoms with Gasteiger partial charge in [-0.1, -0.05) is 51.4 Å². The van der Waals surface area contributed by atoms with Crippen LogP contribution in [0.25, 0.3) is 11.3 Å². The Morgan fingerprint density at radius 2 is 1.91 bits per heavy atom. The van der Waals surface area contributed by atoms with Gasteiger partial charge < -0.3 is 14.6 Å². The largest absolute Gasteiger partial charge is 0.483 e. The van der Waals surface area contributed by atoms with E-state index in [1.165, 1.54) is 23.1 Å². The van der Waals surface area contributed by atoms with E-state index in [1.54, 1.807) is 0 Å². The van der Waals surface area contributed by atoms with Crippen molar-refractivity contribution in [3.63, 3.8) is 0 Å². The Labute approximate surface area is 225 Å². The number of hydrogen-bond acceptors (Lipinski definition) is 7. The number of anilines is 1. The molecule has 0 saturated heterocycles. The zero-order valence-electron chi connectivity index (χ0n) is 19.5. The summed E-state index contributed by atoms with van der Waals surface area (Å²) in [5, 5.41) is 15.2. The highest BCUT2D eigenvalue weighted by atomic mass is 79.9. The monoisotopic (exact) mass is 591 g/mol. The summed E-state index contributed by atoms with van der Waals surface area (Å²) < 4.78 is 8.93. The van der Waals surface area contributed by atoms with Crippen molar-refractivity contribution in [1.82, 2.24) is 19.7 Å². The number of thiazole rings is 1. The van der Waals surface area contributed by atoms with Crippen LogP contribution in [0.15, 0.2) is 51.4 Å². The van der Waals surface area contributed by atoms with Gasteiger partial charge in [0, 0.05) is 27.5 Å². The second kappa shape index (κ2) is 11.1. The van der Waals surface area contributed by atoms with Crippen LogP contribution in [-0.4, -0.2) is 31.4 Å². The summed E-state index contributed by atoms with van der Waals surface area (Å²) in [4.78, 5) is 17.0. The zero-order valence-corrected chi connectivity index (χ0v) is 23.5. The Morgan fingerprint density at radius 1 is 1.23 bits per heavy atom. The normalized spacial score (nSPS) is 11.9. The highest BCUT2D eigenvalue weighted by molar-refractivity contribution is 9.10. The molecule has 0 radical (unpaired) electrons. The number of rotatable bonds is 8. The van der Waals surface area contributed by atoms with Gasteiger partial charge >= 0.3 is 0 Å². The summed E-state index contributed by atoms with van der Waals surface area (Å²) >= 11 is 12.4. The van der Waals surface area contributed by atoms with Gasteiger partial charge in [-0.25, -0.2) is 4.98 Å². The van der Waals surface area contributed by atoms with Gasteiger partial charge in [0.15, 0.2) is 22.2 Å². The number of nitrogens with one attached hydrogen (secondary N) is 1. The first kappa shape index (κ1) is 25.7. The predicted octanol–water partition coefficient (Wildman–Crippen LogP) is 6.84. The number of aryl methyl sites for hydroxylation is 2. The first-order valence-corrected chi connectivity index (χ1v) is 13.7. The Bertz CT molecular complexity index is 1330. The summed E-state index contributed by atoms with van der Waals surface area (Å²) in [5.74, 6) is 1.41. The van der Waals surface area contributed by atoms with Gasteiger partial charge in [-0.3, -0.25) is 4.79 Å². The molecule has 0 saturated carbocycles. The lowest BCUT2D eigenvalue weighted by Crippen LogP contribution is -2.14. The van der Waals surface area contributed by atoms with Crippen LogP contribution in [0.5, 0.6) is 5.75 Å². The molecule has 1 unspecified atom stereocenters. The molecule has 1 atom stereocenters. The summed E-state index contributed by atoms with van der Waals surface area (Å²) in [6, 6.07) is 11.7. The summed E-state index contributed by atoms with van der Waals surface area (Å²) in [6.07, 6.45) is -0.331. The molecular formula is C24H23BrClN5O2S2. The standard InChI is InChI=1S/C24H23BrClN5O2S2/c1-13-9-18(10-14(2)21(13)26)33-15(3)22-29-30-24(31(22)4)35-12-20(32)28-23-27-19(11-34-23)16-5-7-17(25)8-6-16/h5-11,15H,12H2,1-4H3,(H,27,28,32). The number of benzene rings is 2. The predicted molar refractivity (Wildman–Crippen MR) is 146 cm³/mol. The van der Waals surface area contributed by atoms with Crippen LogP contribution < -0.4 is 10.1 Å². The Morgan fingerprint density at radius 3 is 2.60 bits per heavy atom. The van der Waals surface area contributed by atoms with E-state index in [2.05, 4.69) is 36.4 Å². The molecular weight excluding hydrogens is 570 g/mol. The smallest absolute Gasteiger partial charge is 0.236 e. The molecule has 11 heteroatoms. The molecule has 1 amide bonds. The number of ether oxygens (including phenoxy) is 1. The number of hydrogen-bond donors (Lipinski definition) is 1. The number of carbonyl (C=O) groups is 1. The summed E-state index contributed by atoms with van der Waals surface area (Å²) in [5.41, 5.74) is 3.73. The molecule has 35 heavy (non-hydrogen) atoms. The van der Waals surface area contributed by atoms with E-state index in [0.717, 1.165) is 37.6 Å². The SMILES string of the molecule is Cc1cc(OC(C)c2nnc(SCC(=O)Nc3nc(-c4ccc(Br)cc4)cs3)n2C)cc(C)c1Cl. The van der Waals surface area contributed by atoms with Gasteiger partial charge in [0.2, 0.25) is 5.91 Å². The van der Waals surface area contributed by atoms with Crippen molar-refractivity contribution in [2.45, 2.75) is 32.0 Å². The lowest BCUT2D eigenvalue weighted by Gasteiger charge is -2.16. The first-order chi connectivity index (χ1) is 16.7. The topological polar surface area (TPSA) is 81.9 Å². The molecule has 0 bridgehead atoms. The molecule has 2 aromatic carbocycles.